The molecule has 0 spiro atoms. The maximum absolute atomic E-state index is 2.36. The van der Waals surface area contributed by atoms with Crippen LogP contribution >= 0.6 is 0 Å². The van der Waals surface area contributed by atoms with Gasteiger partial charge in [0, 0.05) is 0 Å². The molecule has 0 saturated heterocycles. The molecule has 1 aliphatic carbocycles. The molecule has 5 rings (SSSR count). The SMILES string of the molecule is Cc1c(C)c(C)c2c(c1C)Cc1c(C)c(C)c3c(C)c(C)c4c(C)c(C)c(C)c(C)c4c3c1-2. The summed E-state index contributed by atoms with van der Waals surface area (Å²) in [4.78, 5) is 0. The summed E-state index contributed by atoms with van der Waals surface area (Å²) < 4.78 is 0. The minimum atomic E-state index is 1.07. The molecule has 1 aliphatic rings. The molecule has 4 aromatic rings. The first-order valence-corrected chi connectivity index (χ1v) is 12.5. The second-order valence-electron chi connectivity index (χ2n) is 10.9. The maximum atomic E-state index is 2.36. The molecular weight excluding hydrogens is 396 g/mol. The highest BCUT2D eigenvalue weighted by molar-refractivity contribution is 6.22. The van der Waals surface area contributed by atoms with Crippen LogP contribution in [0.25, 0.3) is 32.7 Å². The lowest BCUT2D eigenvalue weighted by Crippen LogP contribution is -2.03. The van der Waals surface area contributed by atoms with Crippen LogP contribution in [0, 0.1) is 83.1 Å². The maximum Gasteiger partial charge on any atom is -0.000766 e. The van der Waals surface area contributed by atoms with Crippen molar-refractivity contribution in [1.29, 1.82) is 0 Å². The lowest BCUT2D eigenvalue weighted by Gasteiger charge is -2.25. The summed E-state index contributed by atoms with van der Waals surface area (Å²) in [6, 6.07) is 0. The van der Waals surface area contributed by atoms with Gasteiger partial charge in [0.05, 0.1) is 0 Å². The second kappa shape index (κ2) is 6.95. The van der Waals surface area contributed by atoms with E-state index in [0.29, 0.717) is 0 Å². The van der Waals surface area contributed by atoms with Crippen molar-refractivity contribution >= 4 is 21.5 Å². The standard InChI is InChI=1S/C33H38/c1-14-15(2)21(8)30-26(18(14)5)13-27-19(6)23(10)29-25(12)24(11)28-20(7)16(3)17(4)22(9)31(28)33(29)32(27)30/h13H2,1-12H3. The van der Waals surface area contributed by atoms with Crippen molar-refractivity contribution in [2.75, 3.05) is 0 Å². The lowest BCUT2D eigenvalue weighted by atomic mass is 9.79. The zero-order valence-corrected chi connectivity index (χ0v) is 22.7. The highest BCUT2D eigenvalue weighted by Gasteiger charge is 2.31. The Morgan fingerprint density at radius 2 is 0.606 bits per heavy atom. The highest BCUT2D eigenvalue weighted by Crippen LogP contribution is 2.52. The van der Waals surface area contributed by atoms with Crippen molar-refractivity contribution in [1.82, 2.24) is 0 Å². The van der Waals surface area contributed by atoms with Gasteiger partial charge >= 0.3 is 0 Å². The summed E-state index contributed by atoms with van der Waals surface area (Å²) in [6.07, 6.45) is 1.07. The van der Waals surface area contributed by atoms with Crippen LogP contribution in [0.15, 0.2) is 0 Å². The summed E-state index contributed by atoms with van der Waals surface area (Å²) in [7, 11) is 0. The van der Waals surface area contributed by atoms with Gasteiger partial charge in [-0.15, -0.1) is 0 Å². The summed E-state index contributed by atoms with van der Waals surface area (Å²) in [5, 5.41) is 5.98. The van der Waals surface area contributed by atoms with Crippen LogP contribution in [-0.4, -0.2) is 0 Å². The average molecular weight is 435 g/mol. The third kappa shape index (κ3) is 2.53. The minimum absolute atomic E-state index is 1.07. The van der Waals surface area contributed by atoms with E-state index in [-0.39, 0.29) is 0 Å². The average Bonchev–Trinajstić information content (AvgIpc) is 3.19. The molecule has 0 N–H and O–H groups in total. The lowest BCUT2D eigenvalue weighted by molar-refractivity contribution is 1.13. The van der Waals surface area contributed by atoms with Crippen molar-refractivity contribution in [3.05, 3.63) is 77.9 Å². The van der Waals surface area contributed by atoms with E-state index in [2.05, 4.69) is 83.1 Å². The third-order valence-electron chi connectivity index (χ3n) is 9.86. The molecule has 0 aliphatic heterocycles. The summed E-state index contributed by atoms with van der Waals surface area (Å²) >= 11 is 0. The first-order chi connectivity index (χ1) is 15.4. The topological polar surface area (TPSA) is 0 Å². The Balaban J connectivity index is 2.20. The number of rotatable bonds is 0. The van der Waals surface area contributed by atoms with Gasteiger partial charge in [-0.05, 0) is 200 Å². The van der Waals surface area contributed by atoms with Crippen LogP contribution in [0.5, 0.6) is 0 Å². The van der Waals surface area contributed by atoms with Crippen LogP contribution in [0.1, 0.15) is 77.9 Å². The van der Waals surface area contributed by atoms with E-state index in [1.165, 1.54) is 99.4 Å². The fourth-order valence-electron chi connectivity index (χ4n) is 6.88. The van der Waals surface area contributed by atoms with Gasteiger partial charge in [0.2, 0.25) is 0 Å². The van der Waals surface area contributed by atoms with Crippen molar-refractivity contribution in [2.45, 2.75) is 89.5 Å². The van der Waals surface area contributed by atoms with Gasteiger partial charge in [0.15, 0.2) is 0 Å². The van der Waals surface area contributed by atoms with E-state index in [9.17, 15) is 0 Å². The summed E-state index contributed by atoms with van der Waals surface area (Å²) in [5.41, 5.74) is 23.7. The zero-order valence-electron chi connectivity index (χ0n) is 22.7. The van der Waals surface area contributed by atoms with Crippen LogP contribution < -0.4 is 0 Å². The van der Waals surface area contributed by atoms with Crippen molar-refractivity contribution in [2.24, 2.45) is 0 Å². The summed E-state index contributed by atoms with van der Waals surface area (Å²) in [6.45, 7) is 28.0. The second-order valence-corrected chi connectivity index (χ2v) is 10.9. The van der Waals surface area contributed by atoms with Gasteiger partial charge in [0.1, 0.15) is 0 Å². The monoisotopic (exact) mass is 434 g/mol. The van der Waals surface area contributed by atoms with Crippen molar-refractivity contribution in [3.63, 3.8) is 0 Å². The fraction of sp³-hybridized carbons (Fsp3) is 0.394. The molecule has 0 atom stereocenters. The van der Waals surface area contributed by atoms with E-state index in [1.54, 1.807) is 11.1 Å². The molecule has 0 radical (unpaired) electrons. The van der Waals surface area contributed by atoms with E-state index in [4.69, 9.17) is 0 Å². The van der Waals surface area contributed by atoms with E-state index < -0.39 is 0 Å². The molecule has 0 bridgehead atoms. The Hall–Kier alpha value is -2.60. The molecule has 0 heteroatoms. The largest absolute Gasteiger partial charge is 0.0447 e. The number of hydrogen-bond donors (Lipinski definition) is 0. The third-order valence-corrected chi connectivity index (χ3v) is 9.86. The molecule has 0 amide bonds. The predicted octanol–water partition coefficient (Wildman–Crippen LogP) is 9.27. The number of hydrogen-bond acceptors (Lipinski definition) is 0. The quantitative estimate of drug-likeness (QED) is 0.213. The molecule has 0 fully saturated rings. The number of aryl methyl sites for hydroxylation is 5. The predicted molar refractivity (Wildman–Crippen MR) is 147 cm³/mol. The molecule has 33 heavy (non-hydrogen) atoms. The number of fused-ring (bicyclic) bond motifs is 7. The summed E-state index contributed by atoms with van der Waals surface area (Å²) in [5.74, 6) is 0. The van der Waals surface area contributed by atoms with E-state index in [0.717, 1.165) is 6.42 Å². The van der Waals surface area contributed by atoms with Gasteiger partial charge in [-0.3, -0.25) is 0 Å². The molecule has 0 nitrogen and oxygen atoms in total. The van der Waals surface area contributed by atoms with Gasteiger partial charge in [-0.1, -0.05) is 0 Å². The number of benzene rings is 4. The minimum Gasteiger partial charge on any atom is -0.0447 e. The molecule has 4 aromatic carbocycles. The van der Waals surface area contributed by atoms with Gasteiger partial charge in [-0.25, -0.2) is 0 Å². The van der Waals surface area contributed by atoms with Crippen LogP contribution in [0.2, 0.25) is 0 Å². The zero-order chi connectivity index (χ0) is 24.3. The Kier molecular flexibility index (Phi) is 4.68. The van der Waals surface area contributed by atoms with Gasteiger partial charge < -0.3 is 0 Å². The molecule has 0 aromatic heterocycles. The van der Waals surface area contributed by atoms with Gasteiger partial charge in [0.25, 0.3) is 0 Å². The van der Waals surface area contributed by atoms with Crippen LogP contribution in [0.3, 0.4) is 0 Å². The Morgan fingerprint density at radius 1 is 0.273 bits per heavy atom. The first-order valence-electron chi connectivity index (χ1n) is 12.5. The van der Waals surface area contributed by atoms with Crippen molar-refractivity contribution in [3.8, 4) is 11.1 Å². The molecular formula is C33H38. The van der Waals surface area contributed by atoms with E-state index in [1.807, 2.05) is 0 Å². The Bertz CT molecular complexity index is 1570. The Morgan fingerprint density at radius 3 is 1.18 bits per heavy atom. The molecule has 170 valence electrons. The molecule has 0 heterocycles. The van der Waals surface area contributed by atoms with Crippen LogP contribution in [-0.2, 0) is 6.42 Å². The fourth-order valence-corrected chi connectivity index (χ4v) is 6.88. The normalized spacial score (nSPS) is 12.7. The first kappa shape index (κ1) is 22.2. The molecule has 0 unspecified atom stereocenters. The smallest absolute Gasteiger partial charge is 0.000766 e. The van der Waals surface area contributed by atoms with Gasteiger partial charge in [-0.2, -0.15) is 0 Å². The highest BCUT2D eigenvalue weighted by atomic mass is 14.3. The molecule has 0 saturated carbocycles. The van der Waals surface area contributed by atoms with Crippen molar-refractivity contribution < 1.29 is 0 Å². The van der Waals surface area contributed by atoms with E-state index >= 15 is 0 Å². The Labute approximate surface area is 200 Å². The van der Waals surface area contributed by atoms with Crippen LogP contribution in [0.4, 0.5) is 0 Å².